The Morgan fingerprint density at radius 2 is 2.05 bits per heavy atom. The van der Waals surface area contributed by atoms with Gasteiger partial charge in [0.1, 0.15) is 6.33 Å². The van der Waals surface area contributed by atoms with Crippen LogP contribution in [-0.2, 0) is 6.42 Å². The summed E-state index contributed by atoms with van der Waals surface area (Å²) in [5.74, 6) is 0.533. The van der Waals surface area contributed by atoms with E-state index in [1.807, 2.05) is 12.3 Å². The Kier molecular flexibility index (Phi) is 5.65. The van der Waals surface area contributed by atoms with Crippen LogP contribution in [0.2, 0.25) is 0 Å². The number of fused-ring (bicyclic) bond motifs is 1. The molecular weight excluding hydrogens is 260 g/mol. The third kappa shape index (κ3) is 4.48. The Balaban J connectivity index is 1.96. The lowest BCUT2D eigenvalue weighted by atomic mass is 9.90. The molecule has 1 aromatic heterocycles. The molecule has 0 amide bonds. The first-order chi connectivity index (χ1) is 10.1. The van der Waals surface area contributed by atoms with E-state index in [1.165, 1.54) is 18.4 Å². The van der Waals surface area contributed by atoms with Crippen LogP contribution in [0.25, 0.3) is 10.9 Å². The lowest BCUT2D eigenvalue weighted by Gasteiger charge is -2.23. The summed E-state index contributed by atoms with van der Waals surface area (Å²) in [4.78, 5) is 8.29. The molecule has 3 atom stereocenters. The zero-order valence-corrected chi connectivity index (χ0v) is 13.0. The largest absolute Gasteiger partial charge is 0.327 e. The molecule has 0 spiro atoms. The van der Waals surface area contributed by atoms with Gasteiger partial charge in [0.25, 0.3) is 0 Å². The summed E-state index contributed by atoms with van der Waals surface area (Å²) in [6, 6.07) is 6.52. The second-order valence-corrected chi connectivity index (χ2v) is 6.05. The highest BCUT2D eigenvalue weighted by Gasteiger charge is 2.16. The summed E-state index contributed by atoms with van der Waals surface area (Å²) < 4.78 is 0. The molecule has 2 aromatic rings. The first kappa shape index (κ1) is 15.9. The van der Waals surface area contributed by atoms with Crippen LogP contribution in [0.4, 0.5) is 0 Å². The van der Waals surface area contributed by atoms with Crippen molar-refractivity contribution in [3.05, 3.63) is 36.3 Å². The third-order valence-electron chi connectivity index (χ3n) is 4.12. The van der Waals surface area contributed by atoms with Crippen molar-refractivity contribution >= 4 is 10.9 Å². The highest BCUT2D eigenvalue weighted by atomic mass is 14.8. The molecule has 4 N–H and O–H groups in total. The fourth-order valence-corrected chi connectivity index (χ4v) is 2.80. The first-order valence-corrected chi connectivity index (χ1v) is 7.80. The minimum Gasteiger partial charge on any atom is -0.327 e. The normalized spacial score (nSPS) is 15.8. The van der Waals surface area contributed by atoms with Crippen molar-refractivity contribution in [1.82, 2.24) is 9.97 Å². The maximum atomic E-state index is 6.27. The number of hydrogen-bond acceptors (Lipinski definition) is 4. The van der Waals surface area contributed by atoms with E-state index < -0.39 is 0 Å². The van der Waals surface area contributed by atoms with Crippen LogP contribution in [0.1, 0.15) is 38.7 Å². The fourth-order valence-electron chi connectivity index (χ4n) is 2.80. The number of aromatic nitrogens is 2. The summed E-state index contributed by atoms with van der Waals surface area (Å²) in [5.41, 5.74) is 14.7. The predicted octanol–water partition coefficient (Wildman–Crippen LogP) is 2.65. The van der Waals surface area contributed by atoms with Gasteiger partial charge >= 0.3 is 0 Å². The van der Waals surface area contributed by atoms with Crippen LogP contribution in [0.5, 0.6) is 0 Å². The number of nitrogens with two attached hydrogens (primary N) is 2. The van der Waals surface area contributed by atoms with E-state index in [2.05, 4.69) is 35.9 Å². The smallest absolute Gasteiger partial charge is 0.116 e. The van der Waals surface area contributed by atoms with Gasteiger partial charge in [-0.05, 0) is 42.9 Å². The van der Waals surface area contributed by atoms with Gasteiger partial charge in [-0.25, -0.2) is 9.97 Å². The molecule has 1 aromatic carbocycles. The highest BCUT2D eigenvalue weighted by molar-refractivity contribution is 5.77. The maximum Gasteiger partial charge on any atom is 0.116 e. The minimum absolute atomic E-state index is 0.0985. The van der Waals surface area contributed by atoms with Crippen molar-refractivity contribution in [3.63, 3.8) is 0 Å². The van der Waals surface area contributed by atoms with E-state index in [0.29, 0.717) is 5.92 Å². The lowest BCUT2D eigenvalue weighted by Crippen LogP contribution is -2.37. The molecule has 0 aliphatic heterocycles. The van der Waals surface area contributed by atoms with Gasteiger partial charge in [-0.15, -0.1) is 0 Å². The zero-order valence-electron chi connectivity index (χ0n) is 13.0. The molecule has 3 unspecified atom stereocenters. The average molecular weight is 286 g/mol. The average Bonchev–Trinajstić information content (AvgIpc) is 2.47. The Hall–Kier alpha value is -1.52. The van der Waals surface area contributed by atoms with Crippen LogP contribution in [0.15, 0.2) is 30.7 Å². The second kappa shape index (κ2) is 7.48. The molecule has 21 heavy (non-hydrogen) atoms. The van der Waals surface area contributed by atoms with Crippen molar-refractivity contribution in [2.24, 2.45) is 17.4 Å². The van der Waals surface area contributed by atoms with E-state index in [0.717, 1.165) is 23.7 Å². The summed E-state index contributed by atoms with van der Waals surface area (Å²) >= 11 is 0. The topological polar surface area (TPSA) is 77.8 Å². The van der Waals surface area contributed by atoms with E-state index in [-0.39, 0.29) is 12.1 Å². The van der Waals surface area contributed by atoms with Gasteiger partial charge in [0.15, 0.2) is 0 Å². The van der Waals surface area contributed by atoms with Crippen LogP contribution < -0.4 is 11.5 Å². The summed E-state index contributed by atoms with van der Waals surface area (Å²) in [6.45, 7) is 4.41. The molecule has 1 heterocycles. The molecule has 0 aliphatic rings. The van der Waals surface area contributed by atoms with Crippen molar-refractivity contribution in [2.75, 3.05) is 0 Å². The molecular formula is C17H26N4. The van der Waals surface area contributed by atoms with Crippen LogP contribution in [0.3, 0.4) is 0 Å². The molecule has 114 valence electrons. The Morgan fingerprint density at radius 1 is 1.24 bits per heavy atom. The van der Waals surface area contributed by atoms with Crippen molar-refractivity contribution < 1.29 is 0 Å². The molecule has 0 aliphatic carbocycles. The van der Waals surface area contributed by atoms with Gasteiger partial charge in [0.05, 0.1) is 5.52 Å². The molecule has 2 rings (SSSR count). The maximum absolute atomic E-state index is 6.27. The van der Waals surface area contributed by atoms with Gasteiger partial charge < -0.3 is 11.5 Å². The van der Waals surface area contributed by atoms with Crippen LogP contribution in [-0.4, -0.2) is 22.1 Å². The number of nitrogens with zero attached hydrogens (tertiary/aromatic N) is 2. The van der Waals surface area contributed by atoms with E-state index in [9.17, 15) is 0 Å². The third-order valence-corrected chi connectivity index (χ3v) is 4.12. The molecule has 0 radical (unpaired) electrons. The molecule has 0 saturated heterocycles. The molecule has 0 saturated carbocycles. The van der Waals surface area contributed by atoms with E-state index in [4.69, 9.17) is 11.5 Å². The Morgan fingerprint density at radius 3 is 2.81 bits per heavy atom. The Bertz CT molecular complexity index is 569. The van der Waals surface area contributed by atoms with Crippen LogP contribution >= 0.6 is 0 Å². The monoisotopic (exact) mass is 286 g/mol. The van der Waals surface area contributed by atoms with Gasteiger partial charge in [-0.3, -0.25) is 0 Å². The zero-order chi connectivity index (χ0) is 15.2. The molecule has 4 nitrogen and oxygen atoms in total. The van der Waals surface area contributed by atoms with Crippen molar-refractivity contribution in [3.8, 4) is 0 Å². The number of rotatable bonds is 7. The molecule has 0 fully saturated rings. The van der Waals surface area contributed by atoms with Crippen LogP contribution in [0, 0.1) is 5.92 Å². The van der Waals surface area contributed by atoms with E-state index in [1.54, 1.807) is 6.33 Å². The quantitative estimate of drug-likeness (QED) is 0.820. The van der Waals surface area contributed by atoms with Crippen molar-refractivity contribution in [2.45, 2.75) is 51.6 Å². The highest BCUT2D eigenvalue weighted by Crippen LogP contribution is 2.17. The summed E-state index contributed by atoms with van der Waals surface area (Å²) in [7, 11) is 0. The van der Waals surface area contributed by atoms with Gasteiger partial charge in [0.2, 0.25) is 0 Å². The standard InChI is InChI=1S/C17H26N4/c1-3-4-12(2)16(19)9-15(18)8-13-5-6-17-14(7-13)10-20-11-21-17/h5-7,10-12,15-16H,3-4,8-9,18-19H2,1-2H3. The SMILES string of the molecule is CCCC(C)C(N)CC(N)Cc1ccc2ncncc2c1. The first-order valence-electron chi connectivity index (χ1n) is 7.80. The van der Waals surface area contributed by atoms with E-state index >= 15 is 0 Å². The minimum atomic E-state index is 0.0985. The second-order valence-electron chi connectivity index (χ2n) is 6.05. The number of benzene rings is 1. The fraction of sp³-hybridized carbons (Fsp3) is 0.529. The Labute approximate surface area is 127 Å². The lowest BCUT2D eigenvalue weighted by molar-refractivity contribution is 0.376. The summed E-state index contributed by atoms with van der Waals surface area (Å²) in [5, 5.41) is 1.06. The number of hydrogen-bond donors (Lipinski definition) is 2. The predicted molar refractivity (Wildman–Crippen MR) is 87.9 cm³/mol. The molecule has 4 heteroatoms. The van der Waals surface area contributed by atoms with Gasteiger partial charge in [-0.1, -0.05) is 26.3 Å². The molecule has 0 bridgehead atoms. The van der Waals surface area contributed by atoms with Gasteiger partial charge in [0, 0.05) is 23.7 Å². The van der Waals surface area contributed by atoms with Crippen molar-refractivity contribution in [1.29, 1.82) is 0 Å². The summed E-state index contributed by atoms with van der Waals surface area (Å²) in [6.07, 6.45) is 7.46. The van der Waals surface area contributed by atoms with Gasteiger partial charge in [-0.2, -0.15) is 0 Å².